The Bertz CT molecular complexity index is 1020. The number of alkyl halides is 3. The molecule has 11 heteroatoms. The van der Waals surface area contributed by atoms with E-state index in [-0.39, 0.29) is 11.9 Å². The maximum atomic E-state index is 12.9. The van der Waals surface area contributed by atoms with Crippen LogP contribution in [0.25, 0.3) is 11.4 Å². The van der Waals surface area contributed by atoms with E-state index >= 15 is 0 Å². The van der Waals surface area contributed by atoms with E-state index in [1.807, 2.05) is 6.92 Å². The minimum atomic E-state index is -4.46. The van der Waals surface area contributed by atoms with Crippen LogP contribution in [0.5, 0.6) is 0 Å². The first-order valence-electron chi connectivity index (χ1n) is 8.89. The normalized spacial score (nSPS) is 19.5. The number of β-amino-alcohol motifs (C(OH)–C–C–N with tert-alkyl or cyclic N) is 1. The Kier molecular flexibility index (Phi) is 4.92. The van der Waals surface area contributed by atoms with E-state index in [0.29, 0.717) is 30.3 Å². The Balaban J connectivity index is 1.60. The van der Waals surface area contributed by atoms with Gasteiger partial charge in [-0.25, -0.2) is 14.6 Å². The number of hydrogen-bond acceptors (Lipinski definition) is 7. The zero-order valence-electron chi connectivity index (χ0n) is 15.4. The van der Waals surface area contributed by atoms with E-state index in [1.165, 1.54) is 0 Å². The molecule has 2 atom stereocenters. The molecule has 8 nitrogen and oxygen atoms in total. The van der Waals surface area contributed by atoms with E-state index in [4.69, 9.17) is 0 Å². The molecule has 3 aromatic heterocycles. The van der Waals surface area contributed by atoms with Crippen LogP contribution in [0.4, 0.5) is 24.8 Å². The molecule has 1 fully saturated rings. The lowest BCUT2D eigenvalue weighted by atomic mass is 10.2. The molecule has 0 spiro atoms. The monoisotopic (exact) mass is 405 g/mol. The predicted molar refractivity (Wildman–Crippen MR) is 98.4 cm³/mol. The molecular weight excluding hydrogens is 387 g/mol. The molecule has 3 aromatic rings. The molecule has 0 aromatic carbocycles. The minimum Gasteiger partial charge on any atom is -0.390 e. The van der Waals surface area contributed by atoms with Gasteiger partial charge in [0.05, 0.1) is 29.6 Å². The number of nitrogens with zero attached hydrogens (tertiary/aromatic N) is 5. The van der Waals surface area contributed by atoms with E-state index in [9.17, 15) is 18.3 Å². The Labute approximate surface area is 163 Å². The summed E-state index contributed by atoms with van der Waals surface area (Å²) in [6, 6.07) is 5.11. The third-order valence-electron chi connectivity index (χ3n) is 4.58. The Morgan fingerprint density at radius 1 is 1.17 bits per heavy atom. The van der Waals surface area contributed by atoms with Gasteiger partial charge >= 0.3 is 6.18 Å². The van der Waals surface area contributed by atoms with Crippen molar-refractivity contribution in [3.05, 3.63) is 47.8 Å². The van der Waals surface area contributed by atoms with Gasteiger partial charge in [-0.2, -0.15) is 13.2 Å². The number of nitrogens with one attached hydrogen (secondary N) is 2. The van der Waals surface area contributed by atoms with Crippen LogP contribution in [0.1, 0.15) is 17.2 Å². The zero-order chi connectivity index (χ0) is 20.6. The summed E-state index contributed by atoms with van der Waals surface area (Å²) in [6.45, 7) is 2.91. The number of hydrogen-bond donors (Lipinski definition) is 3. The van der Waals surface area contributed by atoms with Crippen molar-refractivity contribution in [2.24, 2.45) is 0 Å². The van der Waals surface area contributed by atoms with Gasteiger partial charge < -0.3 is 15.7 Å². The van der Waals surface area contributed by atoms with Crippen LogP contribution in [0.15, 0.2) is 36.7 Å². The number of aliphatic hydroxyl groups excluding tert-OH is 1. The van der Waals surface area contributed by atoms with Crippen molar-refractivity contribution in [1.29, 1.82) is 0 Å². The number of aliphatic hydroxyl groups is 1. The molecule has 0 radical (unpaired) electrons. The van der Waals surface area contributed by atoms with E-state index in [2.05, 4.69) is 30.9 Å². The summed E-state index contributed by atoms with van der Waals surface area (Å²) in [5, 5.41) is 24.1. The van der Waals surface area contributed by atoms with Crippen molar-refractivity contribution in [1.82, 2.24) is 30.3 Å². The highest BCUT2D eigenvalue weighted by Crippen LogP contribution is 2.30. The Morgan fingerprint density at radius 3 is 2.72 bits per heavy atom. The molecule has 3 N–H and O–H groups in total. The van der Waals surface area contributed by atoms with Crippen molar-refractivity contribution in [3.8, 4) is 11.4 Å². The van der Waals surface area contributed by atoms with Crippen LogP contribution in [0.3, 0.4) is 0 Å². The summed E-state index contributed by atoms with van der Waals surface area (Å²) in [5.41, 5.74) is 1.04. The number of pyridine rings is 2. The molecule has 152 valence electrons. The van der Waals surface area contributed by atoms with Crippen LogP contribution >= 0.6 is 0 Å². The molecule has 1 aliphatic rings. The van der Waals surface area contributed by atoms with Crippen LogP contribution in [0.2, 0.25) is 0 Å². The average Bonchev–Trinajstić information content (AvgIpc) is 3.29. The van der Waals surface area contributed by atoms with Gasteiger partial charge in [-0.05, 0) is 36.8 Å². The SMILES string of the molecule is Cc1cc(Nc2cc(C(F)(F)F)ccn2)nc(-c2cn(C3CNCC3O)nn2)c1. The van der Waals surface area contributed by atoms with Crippen molar-refractivity contribution in [3.63, 3.8) is 0 Å². The molecule has 4 heterocycles. The molecule has 0 bridgehead atoms. The summed E-state index contributed by atoms with van der Waals surface area (Å²) in [4.78, 5) is 8.35. The molecule has 0 amide bonds. The lowest BCUT2D eigenvalue weighted by Gasteiger charge is -2.12. The lowest BCUT2D eigenvalue weighted by Crippen LogP contribution is -2.22. The molecule has 2 unspecified atom stereocenters. The van der Waals surface area contributed by atoms with Crippen LogP contribution in [-0.2, 0) is 6.18 Å². The molecule has 0 saturated carbocycles. The summed E-state index contributed by atoms with van der Waals surface area (Å²) in [7, 11) is 0. The maximum absolute atomic E-state index is 12.9. The first-order chi connectivity index (χ1) is 13.8. The third-order valence-corrected chi connectivity index (χ3v) is 4.58. The fourth-order valence-corrected chi connectivity index (χ4v) is 3.15. The van der Waals surface area contributed by atoms with Gasteiger partial charge in [0.1, 0.15) is 17.3 Å². The fourth-order valence-electron chi connectivity index (χ4n) is 3.15. The fraction of sp³-hybridized carbons (Fsp3) is 0.333. The van der Waals surface area contributed by atoms with Crippen LogP contribution in [0, 0.1) is 6.92 Å². The number of anilines is 2. The van der Waals surface area contributed by atoms with Gasteiger partial charge in [0.2, 0.25) is 0 Å². The molecule has 1 saturated heterocycles. The van der Waals surface area contributed by atoms with E-state index < -0.39 is 17.8 Å². The first kappa shape index (κ1) is 19.3. The van der Waals surface area contributed by atoms with Gasteiger partial charge in [0, 0.05) is 19.3 Å². The van der Waals surface area contributed by atoms with Crippen molar-refractivity contribution >= 4 is 11.6 Å². The molecule has 0 aliphatic carbocycles. The van der Waals surface area contributed by atoms with Crippen molar-refractivity contribution in [2.75, 3.05) is 18.4 Å². The van der Waals surface area contributed by atoms with Crippen LogP contribution in [-0.4, -0.2) is 49.3 Å². The molecule has 29 heavy (non-hydrogen) atoms. The topological polar surface area (TPSA) is 101 Å². The highest BCUT2D eigenvalue weighted by molar-refractivity contribution is 5.61. The van der Waals surface area contributed by atoms with Gasteiger partial charge in [-0.3, -0.25) is 0 Å². The standard InChI is InChI=1S/C18H18F3N7O/c1-10-4-12(13-9-28(27-26-13)14-7-22-8-15(14)29)24-17(5-10)25-16-6-11(2-3-23-16)18(19,20)21/h2-6,9,14-15,22,29H,7-8H2,1H3,(H,23,24,25). The Hall–Kier alpha value is -3.05. The largest absolute Gasteiger partial charge is 0.416 e. The third kappa shape index (κ3) is 4.20. The predicted octanol–water partition coefficient (Wildman–Crippen LogP) is 2.31. The lowest BCUT2D eigenvalue weighted by molar-refractivity contribution is -0.137. The van der Waals surface area contributed by atoms with E-state index in [1.54, 1.807) is 23.0 Å². The Morgan fingerprint density at radius 2 is 2.00 bits per heavy atom. The second kappa shape index (κ2) is 7.41. The smallest absolute Gasteiger partial charge is 0.390 e. The van der Waals surface area contributed by atoms with Crippen LogP contribution < -0.4 is 10.6 Å². The van der Waals surface area contributed by atoms with Gasteiger partial charge in [0.15, 0.2) is 0 Å². The molecule has 1 aliphatic heterocycles. The second-order valence-electron chi connectivity index (χ2n) is 6.84. The first-order valence-corrected chi connectivity index (χ1v) is 8.89. The van der Waals surface area contributed by atoms with E-state index in [0.717, 1.165) is 23.9 Å². The number of aryl methyl sites for hydroxylation is 1. The number of rotatable bonds is 4. The minimum absolute atomic E-state index is 0.0349. The summed E-state index contributed by atoms with van der Waals surface area (Å²) in [5.74, 6) is 0.372. The molecule has 4 rings (SSSR count). The second-order valence-corrected chi connectivity index (χ2v) is 6.84. The summed E-state index contributed by atoms with van der Waals surface area (Å²) < 4.78 is 40.3. The number of halogens is 3. The van der Waals surface area contributed by atoms with Gasteiger partial charge in [-0.1, -0.05) is 5.21 Å². The van der Waals surface area contributed by atoms with Crippen molar-refractivity contribution in [2.45, 2.75) is 25.2 Å². The van der Waals surface area contributed by atoms with Gasteiger partial charge in [-0.15, -0.1) is 5.10 Å². The quantitative estimate of drug-likeness (QED) is 0.612. The zero-order valence-corrected chi connectivity index (χ0v) is 15.4. The summed E-state index contributed by atoms with van der Waals surface area (Å²) >= 11 is 0. The summed E-state index contributed by atoms with van der Waals surface area (Å²) in [6.07, 6.45) is -2.23. The van der Waals surface area contributed by atoms with Gasteiger partial charge in [0.25, 0.3) is 0 Å². The maximum Gasteiger partial charge on any atom is 0.416 e. The highest BCUT2D eigenvalue weighted by atomic mass is 19.4. The van der Waals surface area contributed by atoms with Crippen molar-refractivity contribution < 1.29 is 18.3 Å². The highest BCUT2D eigenvalue weighted by Gasteiger charge is 2.31. The molecular formula is C18H18F3N7O. The average molecular weight is 405 g/mol. The number of aromatic nitrogens is 5.